The highest BCUT2D eigenvalue weighted by atomic mass is 79.9. The number of halogens is 3. The molecule has 2 heterocycles. The van der Waals surface area contributed by atoms with E-state index in [1.54, 1.807) is 18.5 Å². The minimum atomic E-state index is 0.0286. The van der Waals surface area contributed by atoms with Gasteiger partial charge in [0.15, 0.2) is 0 Å². The molecule has 0 fully saturated rings. The Morgan fingerprint density at radius 3 is 2.70 bits per heavy atom. The average Bonchev–Trinajstić information content (AvgIpc) is 2.38. The zero-order valence-electron chi connectivity index (χ0n) is 10.9. The summed E-state index contributed by atoms with van der Waals surface area (Å²) in [6, 6.07) is 3.79. The van der Waals surface area contributed by atoms with Gasteiger partial charge in [0.05, 0.1) is 21.8 Å². The first-order chi connectivity index (χ1) is 9.60. The third-order valence-corrected chi connectivity index (χ3v) is 3.76. The summed E-state index contributed by atoms with van der Waals surface area (Å²) >= 11 is 15.6. The van der Waals surface area contributed by atoms with Crippen molar-refractivity contribution in [1.82, 2.24) is 15.3 Å². The summed E-state index contributed by atoms with van der Waals surface area (Å²) in [7, 11) is 0. The van der Waals surface area contributed by atoms with E-state index in [4.69, 9.17) is 23.2 Å². The second-order valence-electron chi connectivity index (χ2n) is 4.35. The van der Waals surface area contributed by atoms with Gasteiger partial charge >= 0.3 is 0 Å². The Hall–Kier alpha value is -0.680. The van der Waals surface area contributed by atoms with Gasteiger partial charge in [-0.1, -0.05) is 30.1 Å². The van der Waals surface area contributed by atoms with Crippen molar-refractivity contribution in [2.24, 2.45) is 0 Å². The molecule has 0 aliphatic carbocycles. The van der Waals surface area contributed by atoms with Crippen LogP contribution in [-0.2, 0) is 6.42 Å². The van der Waals surface area contributed by atoms with Crippen molar-refractivity contribution >= 4 is 39.1 Å². The predicted molar refractivity (Wildman–Crippen MR) is 86.3 cm³/mol. The number of likely N-dealkylation sites (N-methyl/N-ethyl adjacent to an activating group) is 1. The van der Waals surface area contributed by atoms with Gasteiger partial charge in [0, 0.05) is 23.1 Å². The molecular weight excluding hydrogens is 361 g/mol. The van der Waals surface area contributed by atoms with Crippen molar-refractivity contribution in [2.45, 2.75) is 19.4 Å². The number of hydrogen-bond acceptors (Lipinski definition) is 3. The topological polar surface area (TPSA) is 37.8 Å². The van der Waals surface area contributed by atoms with E-state index in [-0.39, 0.29) is 6.04 Å². The lowest BCUT2D eigenvalue weighted by molar-refractivity contribution is 0.536. The molecule has 0 amide bonds. The van der Waals surface area contributed by atoms with Gasteiger partial charge in [-0.25, -0.2) is 0 Å². The second-order valence-corrected chi connectivity index (χ2v) is 6.11. The van der Waals surface area contributed by atoms with E-state index >= 15 is 0 Å². The fraction of sp³-hybridized carbons (Fsp3) is 0.286. The van der Waals surface area contributed by atoms with Crippen LogP contribution < -0.4 is 5.32 Å². The zero-order chi connectivity index (χ0) is 14.5. The lowest BCUT2D eigenvalue weighted by atomic mass is 10.0. The Morgan fingerprint density at radius 2 is 2.05 bits per heavy atom. The molecule has 0 aromatic carbocycles. The smallest absolute Gasteiger partial charge is 0.0763 e. The third kappa shape index (κ3) is 4.16. The van der Waals surface area contributed by atoms with Crippen LogP contribution in [0.1, 0.15) is 24.2 Å². The van der Waals surface area contributed by atoms with Crippen molar-refractivity contribution in [3.8, 4) is 0 Å². The molecule has 1 atom stereocenters. The fourth-order valence-corrected chi connectivity index (χ4v) is 2.92. The van der Waals surface area contributed by atoms with Gasteiger partial charge in [-0.05, 0) is 46.6 Å². The summed E-state index contributed by atoms with van der Waals surface area (Å²) in [5.74, 6) is 0. The summed E-state index contributed by atoms with van der Waals surface area (Å²) in [5.41, 5.74) is 1.91. The van der Waals surface area contributed by atoms with Gasteiger partial charge in [0.2, 0.25) is 0 Å². The van der Waals surface area contributed by atoms with E-state index in [1.807, 2.05) is 12.3 Å². The molecule has 1 N–H and O–H groups in total. The molecule has 3 nitrogen and oxygen atoms in total. The molecule has 0 saturated carbocycles. The molecule has 20 heavy (non-hydrogen) atoms. The normalized spacial score (nSPS) is 12.4. The van der Waals surface area contributed by atoms with Gasteiger partial charge in [0.25, 0.3) is 0 Å². The van der Waals surface area contributed by atoms with Gasteiger partial charge in [-0.3, -0.25) is 9.97 Å². The number of nitrogens with zero attached hydrogens (tertiary/aromatic N) is 2. The van der Waals surface area contributed by atoms with Gasteiger partial charge in [-0.15, -0.1) is 0 Å². The molecular formula is C14H14BrCl2N3. The van der Waals surface area contributed by atoms with Crippen molar-refractivity contribution in [3.63, 3.8) is 0 Å². The molecule has 0 saturated heterocycles. The van der Waals surface area contributed by atoms with Gasteiger partial charge in [0.1, 0.15) is 0 Å². The van der Waals surface area contributed by atoms with E-state index in [9.17, 15) is 0 Å². The highest BCUT2D eigenvalue weighted by Crippen LogP contribution is 2.26. The minimum absolute atomic E-state index is 0.0286. The first kappa shape index (κ1) is 15.7. The largest absolute Gasteiger partial charge is 0.309 e. The first-order valence-corrected chi connectivity index (χ1v) is 7.78. The predicted octanol–water partition coefficient (Wildman–Crippen LogP) is 4.44. The molecule has 1 unspecified atom stereocenters. The molecule has 0 aliphatic rings. The highest BCUT2D eigenvalue weighted by molar-refractivity contribution is 9.10. The van der Waals surface area contributed by atoms with E-state index < -0.39 is 0 Å². The molecule has 2 aromatic rings. The van der Waals surface area contributed by atoms with Crippen LogP contribution in [0.25, 0.3) is 0 Å². The van der Waals surface area contributed by atoms with E-state index in [0.717, 1.165) is 28.7 Å². The Kier molecular flexibility index (Phi) is 5.78. The van der Waals surface area contributed by atoms with Gasteiger partial charge in [-0.2, -0.15) is 0 Å². The molecule has 0 aliphatic heterocycles. The minimum Gasteiger partial charge on any atom is -0.309 e. The number of aromatic nitrogens is 2. The van der Waals surface area contributed by atoms with E-state index in [1.165, 1.54) is 0 Å². The van der Waals surface area contributed by atoms with Crippen molar-refractivity contribution < 1.29 is 0 Å². The number of hydrogen-bond donors (Lipinski definition) is 1. The monoisotopic (exact) mass is 373 g/mol. The molecule has 0 radical (unpaired) electrons. The summed E-state index contributed by atoms with van der Waals surface area (Å²) in [6.45, 7) is 2.88. The molecule has 106 valence electrons. The molecule has 0 spiro atoms. The van der Waals surface area contributed by atoms with Gasteiger partial charge < -0.3 is 5.32 Å². The number of pyridine rings is 2. The number of rotatable bonds is 5. The van der Waals surface area contributed by atoms with E-state index in [2.05, 4.69) is 38.1 Å². The maximum absolute atomic E-state index is 6.25. The van der Waals surface area contributed by atoms with Crippen LogP contribution in [0, 0.1) is 0 Å². The van der Waals surface area contributed by atoms with Crippen LogP contribution in [0.4, 0.5) is 0 Å². The van der Waals surface area contributed by atoms with Crippen LogP contribution in [0.3, 0.4) is 0 Å². The van der Waals surface area contributed by atoms with Crippen LogP contribution in [0.2, 0.25) is 10.0 Å². The standard InChI is InChI=1S/C14H14BrCl2N3/c1-2-19-13(4-9-3-10(15)7-18-6-9)14-12(17)5-11(16)8-20-14/h3,5-8,13,19H,2,4H2,1H3. The zero-order valence-corrected chi connectivity index (χ0v) is 14.0. The maximum Gasteiger partial charge on any atom is 0.0763 e. The SMILES string of the molecule is CCNC(Cc1cncc(Br)c1)c1ncc(Cl)cc1Cl. The fourth-order valence-electron chi connectivity index (χ4n) is 2.00. The number of nitrogens with one attached hydrogen (secondary N) is 1. The Bertz CT molecular complexity index is 592. The van der Waals surface area contributed by atoms with Crippen LogP contribution in [-0.4, -0.2) is 16.5 Å². The highest BCUT2D eigenvalue weighted by Gasteiger charge is 2.16. The molecule has 2 aromatic heterocycles. The quantitative estimate of drug-likeness (QED) is 0.840. The Balaban J connectivity index is 2.26. The second kappa shape index (κ2) is 7.36. The van der Waals surface area contributed by atoms with Crippen LogP contribution in [0.15, 0.2) is 35.2 Å². The van der Waals surface area contributed by atoms with E-state index in [0.29, 0.717) is 10.0 Å². The maximum atomic E-state index is 6.25. The first-order valence-electron chi connectivity index (χ1n) is 6.24. The third-order valence-electron chi connectivity index (χ3n) is 2.82. The summed E-state index contributed by atoms with van der Waals surface area (Å²) < 4.78 is 0.959. The van der Waals surface area contributed by atoms with Crippen molar-refractivity contribution in [1.29, 1.82) is 0 Å². The molecule has 2 rings (SSSR count). The molecule has 6 heteroatoms. The molecule has 0 bridgehead atoms. The van der Waals surface area contributed by atoms with Crippen LogP contribution in [0.5, 0.6) is 0 Å². The van der Waals surface area contributed by atoms with Crippen molar-refractivity contribution in [3.05, 3.63) is 56.5 Å². The Morgan fingerprint density at radius 1 is 1.25 bits per heavy atom. The lowest BCUT2D eigenvalue weighted by Gasteiger charge is -2.18. The summed E-state index contributed by atoms with van der Waals surface area (Å²) in [4.78, 5) is 8.54. The van der Waals surface area contributed by atoms with Crippen LogP contribution >= 0.6 is 39.1 Å². The average molecular weight is 375 g/mol. The summed E-state index contributed by atoms with van der Waals surface area (Å²) in [5, 5.41) is 4.51. The Labute approximate surface area is 136 Å². The van der Waals surface area contributed by atoms with Crippen molar-refractivity contribution in [2.75, 3.05) is 6.54 Å². The lowest BCUT2D eigenvalue weighted by Crippen LogP contribution is -2.24. The summed E-state index contributed by atoms with van der Waals surface area (Å²) in [6.07, 6.45) is 5.99.